The molecule has 3 rings (SSSR count). The van der Waals surface area contributed by atoms with Crippen molar-refractivity contribution in [2.75, 3.05) is 11.9 Å². The molecule has 0 spiro atoms. The minimum atomic E-state index is 0.704. The van der Waals surface area contributed by atoms with Gasteiger partial charge in [-0.2, -0.15) is 0 Å². The first-order valence-corrected chi connectivity index (χ1v) is 8.37. The quantitative estimate of drug-likeness (QED) is 0.885. The summed E-state index contributed by atoms with van der Waals surface area (Å²) in [7, 11) is 1.99. The molecule has 2 heterocycles. The molecule has 0 aliphatic heterocycles. The molecular formula is C14H19N3S2. The van der Waals surface area contributed by atoms with E-state index in [0.29, 0.717) is 6.04 Å². The van der Waals surface area contributed by atoms with Gasteiger partial charge in [0.05, 0.1) is 12.2 Å². The van der Waals surface area contributed by atoms with Gasteiger partial charge in [0.25, 0.3) is 0 Å². The molecule has 5 heteroatoms. The van der Waals surface area contributed by atoms with Gasteiger partial charge in [0.15, 0.2) is 5.13 Å². The fourth-order valence-corrected chi connectivity index (χ4v) is 4.02. The lowest BCUT2D eigenvalue weighted by Crippen LogP contribution is -2.24. The van der Waals surface area contributed by atoms with Crippen LogP contribution in [0.15, 0.2) is 17.5 Å². The lowest BCUT2D eigenvalue weighted by Gasteiger charge is -2.20. The van der Waals surface area contributed by atoms with Crippen molar-refractivity contribution < 1.29 is 0 Å². The molecule has 0 bridgehead atoms. The summed E-state index contributed by atoms with van der Waals surface area (Å²) in [6.07, 6.45) is 2.62. The van der Waals surface area contributed by atoms with E-state index in [1.54, 1.807) is 0 Å². The van der Waals surface area contributed by atoms with Crippen LogP contribution >= 0.6 is 22.7 Å². The smallest absolute Gasteiger partial charge is 0.186 e. The molecule has 102 valence electrons. The predicted molar refractivity (Wildman–Crippen MR) is 83.1 cm³/mol. The molecule has 0 atom stereocenters. The average Bonchev–Trinajstić information content (AvgIpc) is 2.98. The SMILES string of the molecule is CNCc1sc(N(Cc2cccs2)C2CC2)nc1C. The second-order valence-electron chi connectivity index (χ2n) is 4.97. The van der Waals surface area contributed by atoms with E-state index in [1.807, 2.05) is 29.7 Å². The summed E-state index contributed by atoms with van der Waals surface area (Å²) in [5.41, 5.74) is 1.17. The normalized spacial score (nSPS) is 14.8. The highest BCUT2D eigenvalue weighted by molar-refractivity contribution is 7.15. The Balaban J connectivity index is 1.81. The Morgan fingerprint density at radius 1 is 1.47 bits per heavy atom. The van der Waals surface area contributed by atoms with Gasteiger partial charge in [-0.3, -0.25) is 0 Å². The number of hydrogen-bond donors (Lipinski definition) is 1. The van der Waals surface area contributed by atoms with Crippen molar-refractivity contribution in [1.29, 1.82) is 0 Å². The summed E-state index contributed by atoms with van der Waals surface area (Å²) in [5, 5.41) is 6.57. The predicted octanol–water partition coefficient (Wildman–Crippen LogP) is 3.40. The van der Waals surface area contributed by atoms with Crippen LogP contribution in [0.3, 0.4) is 0 Å². The number of anilines is 1. The standard InChI is InChI=1S/C14H19N3S2/c1-10-13(8-15-2)19-14(16-10)17(11-5-6-11)9-12-4-3-7-18-12/h3-4,7,11,15H,5-6,8-9H2,1-2H3. The van der Waals surface area contributed by atoms with Crippen molar-refractivity contribution in [3.8, 4) is 0 Å². The van der Waals surface area contributed by atoms with Gasteiger partial charge in [-0.1, -0.05) is 6.07 Å². The van der Waals surface area contributed by atoms with Crippen LogP contribution in [0.1, 0.15) is 28.3 Å². The maximum atomic E-state index is 4.78. The summed E-state index contributed by atoms with van der Waals surface area (Å²) in [6, 6.07) is 5.05. The Kier molecular flexibility index (Phi) is 3.86. The molecule has 1 aliphatic carbocycles. The minimum absolute atomic E-state index is 0.704. The molecule has 0 amide bonds. The zero-order chi connectivity index (χ0) is 13.2. The zero-order valence-corrected chi connectivity index (χ0v) is 13.0. The minimum Gasteiger partial charge on any atom is -0.340 e. The molecule has 0 unspecified atom stereocenters. The van der Waals surface area contributed by atoms with Crippen LogP contribution < -0.4 is 10.2 Å². The van der Waals surface area contributed by atoms with Crippen LogP contribution in [0.2, 0.25) is 0 Å². The largest absolute Gasteiger partial charge is 0.340 e. The van der Waals surface area contributed by atoms with Crippen molar-refractivity contribution in [1.82, 2.24) is 10.3 Å². The van der Waals surface area contributed by atoms with Crippen LogP contribution in [-0.4, -0.2) is 18.1 Å². The number of nitrogens with zero attached hydrogens (tertiary/aromatic N) is 2. The monoisotopic (exact) mass is 293 g/mol. The van der Waals surface area contributed by atoms with Gasteiger partial charge in [-0.15, -0.1) is 22.7 Å². The molecule has 0 aromatic carbocycles. The van der Waals surface area contributed by atoms with E-state index in [-0.39, 0.29) is 0 Å². The number of aromatic nitrogens is 1. The molecule has 19 heavy (non-hydrogen) atoms. The highest BCUT2D eigenvalue weighted by atomic mass is 32.1. The van der Waals surface area contributed by atoms with E-state index in [9.17, 15) is 0 Å². The molecule has 0 saturated heterocycles. The second-order valence-corrected chi connectivity index (χ2v) is 7.07. The van der Waals surface area contributed by atoms with Crippen molar-refractivity contribution in [3.63, 3.8) is 0 Å². The summed E-state index contributed by atoms with van der Waals surface area (Å²) < 4.78 is 0. The van der Waals surface area contributed by atoms with E-state index >= 15 is 0 Å². The van der Waals surface area contributed by atoms with Gasteiger partial charge in [-0.05, 0) is 38.3 Å². The van der Waals surface area contributed by atoms with Crippen molar-refractivity contribution in [2.45, 2.75) is 38.9 Å². The van der Waals surface area contributed by atoms with Gasteiger partial charge in [0.1, 0.15) is 0 Å². The Bertz CT molecular complexity index is 529. The van der Waals surface area contributed by atoms with Gasteiger partial charge in [0, 0.05) is 22.3 Å². The lowest BCUT2D eigenvalue weighted by atomic mass is 10.4. The summed E-state index contributed by atoms with van der Waals surface area (Å²) in [6.45, 7) is 4.04. The Morgan fingerprint density at radius 2 is 2.32 bits per heavy atom. The molecule has 1 fully saturated rings. The Hall–Kier alpha value is -0.910. The fraction of sp³-hybridized carbons (Fsp3) is 0.500. The van der Waals surface area contributed by atoms with Gasteiger partial charge in [0.2, 0.25) is 0 Å². The third-order valence-corrected chi connectivity index (χ3v) is 5.41. The Labute approximate surface area is 122 Å². The van der Waals surface area contributed by atoms with Crippen LogP contribution in [0.5, 0.6) is 0 Å². The van der Waals surface area contributed by atoms with E-state index in [2.05, 4.69) is 34.7 Å². The van der Waals surface area contributed by atoms with E-state index < -0.39 is 0 Å². The number of aryl methyl sites for hydroxylation is 1. The molecule has 0 radical (unpaired) electrons. The van der Waals surface area contributed by atoms with Gasteiger partial charge < -0.3 is 10.2 Å². The Morgan fingerprint density at radius 3 is 2.95 bits per heavy atom. The van der Waals surface area contributed by atoms with E-state index in [4.69, 9.17) is 4.98 Å². The highest BCUT2D eigenvalue weighted by Gasteiger charge is 2.31. The third-order valence-electron chi connectivity index (χ3n) is 3.36. The number of hydrogen-bond acceptors (Lipinski definition) is 5. The first-order chi connectivity index (χ1) is 9.28. The molecular weight excluding hydrogens is 274 g/mol. The first kappa shape index (κ1) is 13.1. The van der Waals surface area contributed by atoms with Crippen molar-refractivity contribution in [2.24, 2.45) is 0 Å². The van der Waals surface area contributed by atoms with Crippen LogP contribution in [-0.2, 0) is 13.1 Å². The average molecular weight is 293 g/mol. The van der Waals surface area contributed by atoms with Crippen LogP contribution in [0.25, 0.3) is 0 Å². The molecule has 1 N–H and O–H groups in total. The molecule has 2 aromatic heterocycles. The fourth-order valence-electron chi connectivity index (χ4n) is 2.17. The third kappa shape index (κ3) is 2.99. The number of thiophene rings is 1. The van der Waals surface area contributed by atoms with E-state index in [0.717, 1.165) is 13.1 Å². The molecule has 2 aromatic rings. The van der Waals surface area contributed by atoms with Crippen molar-refractivity contribution in [3.05, 3.63) is 33.0 Å². The summed E-state index contributed by atoms with van der Waals surface area (Å²) in [4.78, 5) is 10.1. The van der Waals surface area contributed by atoms with E-state index in [1.165, 1.54) is 33.4 Å². The lowest BCUT2D eigenvalue weighted by molar-refractivity contribution is 0.795. The van der Waals surface area contributed by atoms with Crippen molar-refractivity contribution >= 4 is 27.8 Å². The second kappa shape index (κ2) is 5.61. The topological polar surface area (TPSA) is 28.2 Å². The molecule has 1 saturated carbocycles. The number of thiazole rings is 1. The maximum Gasteiger partial charge on any atom is 0.186 e. The number of rotatable bonds is 6. The zero-order valence-electron chi connectivity index (χ0n) is 11.3. The maximum absolute atomic E-state index is 4.78. The molecule has 3 nitrogen and oxygen atoms in total. The molecule has 1 aliphatic rings. The summed E-state index contributed by atoms with van der Waals surface area (Å²) in [5.74, 6) is 0. The highest BCUT2D eigenvalue weighted by Crippen LogP contribution is 2.36. The van der Waals surface area contributed by atoms with Crippen LogP contribution in [0.4, 0.5) is 5.13 Å². The van der Waals surface area contributed by atoms with Crippen LogP contribution in [0, 0.1) is 6.92 Å². The number of nitrogens with one attached hydrogen (secondary N) is 1. The first-order valence-electron chi connectivity index (χ1n) is 6.68. The van der Waals surface area contributed by atoms with Gasteiger partial charge in [-0.25, -0.2) is 4.98 Å². The summed E-state index contributed by atoms with van der Waals surface area (Å²) >= 11 is 3.67. The van der Waals surface area contributed by atoms with Gasteiger partial charge >= 0.3 is 0 Å².